The van der Waals surface area contributed by atoms with Gasteiger partial charge in [0.05, 0.1) is 6.61 Å². The fourth-order valence-corrected chi connectivity index (χ4v) is 0.325. The summed E-state index contributed by atoms with van der Waals surface area (Å²) < 4.78 is 57.8. The Kier molecular flexibility index (Phi) is 2.79. The van der Waals surface area contributed by atoms with Crippen LogP contribution in [0, 0.1) is 0 Å². The van der Waals surface area contributed by atoms with Gasteiger partial charge in [0.15, 0.2) is 0 Å². The molecule has 0 fully saturated rings. The lowest BCUT2D eigenvalue weighted by molar-refractivity contribution is -0.291. The third kappa shape index (κ3) is 2.00. The number of halogens is 5. The summed E-state index contributed by atoms with van der Waals surface area (Å²) in [6, 6.07) is -2.59. The molecular weight excluding hydrogens is 173 g/mol. The molecule has 7 heteroatoms. The minimum Gasteiger partial charge on any atom is -0.395 e. The lowest BCUT2D eigenvalue weighted by Crippen LogP contribution is -2.53. The van der Waals surface area contributed by atoms with Gasteiger partial charge < -0.3 is 10.8 Å². The monoisotopic (exact) mass is 179 g/mol. The molecule has 0 aliphatic rings. The molecule has 0 aromatic rings. The topological polar surface area (TPSA) is 46.2 Å². The summed E-state index contributed by atoms with van der Waals surface area (Å²) in [5.74, 6) is -5.03. The van der Waals surface area contributed by atoms with E-state index in [4.69, 9.17) is 5.11 Å². The van der Waals surface area contributed by atoms with Crippen LogP contribution in [0.5, 0.6) is 0 Å². The molecule has 0 radical (unpaired) electrons. The fraction of sp³-hybridized carbons (Fsp3) is 1.00. The average molecular weight is 179 g/mol. The Morgan fingerprint density at radius 3 is 1.64 bits per heavy atom. The lowest BCUT2D eigenvalue weighted by Gasteiger charge is -2.23. The zero-order valence-corrected chi connectivity index (χ0v) is 5.20. The largest absolute Gasteiger partial charge is 0.455 e. The van der Waals surface area contributed by atoms with Crippen LogP contribution in [0.2, 0.25) is 0 Å². The van der Waals surface area contributed by atoms with Gasteiger partial charge in [0.2, 0.25) is 0 Å². The zero-order chi connectivity index (χ0) is 9.28. The minimum absolute atomic E-state index is 1.41. The number of hydrogen-bond acceptors (Lipinski definition) is 2. The molecule has 1 atom stereocenters. The van der Waals surface area contributed by atoms with Crippen LogP contribution in [-0.2, 0) is 0 Å². The first kappa shape index (κ1) is 10.6. The molecule has 3 N–H and O–H groups in total. The summed E-state index contributed by atoms with van der Waals surface area (Å²) in [6.07, 6.45) is -5.70. The Labute approximate surface area is 58.8 Å². The number of nitrogens with two attached hydrogens (primary N) is 1. The van der Waals surface area contributed by atoms with Crippen LogP contribution >= 0.6 is 0 Å². The van der Waals surface area contributed by atoms with Crippen molar-refractivity contribution in [2.75, 3.05) is 6.61 Å². The first-order valence-corrected chi connectivity index (χ1v) is 2.54. The molecule has 0 unspecified atom stereocenters. The van der Waals surface area contributed by atoms with Crippen molar-refractivity contribution < 1.29 is 27.1 Å². The maximum atomic E-state index is 11.9. The number of hydrogen-bond donors (Lipinski definition) is 2. The number of aliphatic hydroxyl groups excluding tert-OH is 1. The second kappa shape index (κ2) is 2.90. The molecule has 0 rings (SSSR count). The minimum atomic E-state index is -5.70. The van der Waals surface area contributed by atoms with Gasteiger partial charge in [-0.05, 0) is 0 Å². The van der Waals surface area contributed by atoms with E-state index >= 15 is 0 Å². The molecule has 0 bridgehead atoms. The van der Waals surface area contributed by atoms with Crippen molar-refractivity contribution in [1.29, 1.82) is 0 Å². The Hall–Kier alpha value is -0.430. The van der Waals surface area contributed by atoms with Gasteiger partial charge in [-0.2, -0.15) is 22.0 Å². The molecule has 0 saturated carbocycles. The van der Waals surface area contributed by atoms with Crippen LogP contribution in [0.25, 0.3) is 0 Å². The highest BCUT2D eigenvalue weighted by Gasteiger charge is 2.61. The van der Waals surface area contributed by atoms with Crippen molar-refractivity contribution in [1.82, 2.24) is 0 Å². The van der Waals surface area contributed by atoms with Crippen LogP contribution < -0.4 is 5.73 Å². The second-order valence-corrected chi connectivity index (χ2v) is 1.91. The van der Waals surface area contributed by atoms with E-state index in [-0.39, 0.29) is 0 Å². The van der Waals surface area contributed by atoms with Gasteiger partial charge in [-0.1, -0.05) is 0 Å². The van der Waals surface area contributed by atoms with Gasteiger partial charge in [-0.3, -0.25) is 0 Å². The molecule has 2 nitrogen and oxygen atoms in total. The predicted molar refractivity (Wildman–Crippen MR) is 26.1 cm³/mol. The molecule has 0 aromatic heterocycles. The van der Waals surface area contributed by atoms with Gasteiger partial charge in [-0.15, -0.1) is 0 Å². The van der Waals surface area contributed by atoms with Gasteiger partial charge in [-0.25, -0.2) is 0 Å². The zero-order valence-electron chi connectivity index (χ0n) is 5.20. The number of rotatable bonds is 2. The Morgan fingerprint density at radius 2 is 1.55 bits per heavy atom. The fourth-order valence-electron chi connectivity index (χ4n) is 0.325. The standard InChI is InChI=1S/C4H6F5NO/c5-3(6,2(10)1-11)4(7,8)9/h2,11H,1,10H2/t2-/m1/s1. The van der Waals surface area contributed by atoms with E-state index in [9.17, 15) is 22.0 Å². The molecule has 0 aromatic carbocycles. The molecule has 0 aliphatic carbocycles. The number of aliphatic hydroxyl groups is 1. The molecule has 0 aliphatic heterocycles. The quantitative estimate of drug-likeness (QED) is 0.606. The lowest BCUT2D eigenvalue weighted by atomic mass is 10.1. The van der Waals surface area contributed by atoms with E-state index in [2.05, 4.69) is 5.73 Å². The normalized spacial score (nSPS) is 16.6. The summed E-state index contributed by atoms with van der Waals surface area (Å²) in [7, 11) is 0. The first-order chi connectivity index (χ1) is 4.73. The van der Waals surface area contributed by atoms with Crippen molar-refractivity contribution in [3.05, 3.63) is 0 Å². The smallest absolute Gasteiger partial charge is 0.395 e. The van der Waals surface area contributed by atoms with Crippen LogP contribution in [0.1, 0.15) is 0 Å². The highest BCUT2D eigenvalue weighted by atomic mass is 19.4. The molecular formula is C4H6F5NO. The van der Waals surface area contributed by atoms with E-state index in [1.165, 1.54) is 0 Å². The van der Waals surface area contributed by atoms with Crippen LogP contribution in [0.15, 0.2) is 0 Å². The highest BCUT2D eigenvalue weighted by Crippen LogP contribution is 2.37. The van der Waals surface area contributed by atoms with Gasteiger partial charge in [0.1, 0.15) is 6.04 Å². The van der Waals surface area contributed by atoms with Crippen LogP contribution in [0.3, 0.4) is 0 Å². The molecule has 11 heavy (non-hydrogen) atoms. The summed E-state index contributed by atoms with van der Waals surface area (Å²) in [5.41, 5.74) is 4.32. The van der Waals surface area contributed by atoms with Crippen LogP contribution in [0.4, 0.5) is 22.0 Å². The van der Waals surface area contributed by atoms with Crippen molar-refractivity contribution in [2.45, 2.75) is 18.1 Å². The highest BCUT2D eigenvalue weighted by molar-refractivity contribution is 4.86. The Bertz CT molecular complexity index is 133. The third-order valence-corrected chi connectivity index (χ3v) is 1.04. The van der Waals surface area contributed by atoms with E-state index in [0.717, 1.165) is 0 Å². The third-order valence-electron chi connectivity index (χ3n) is 1.04. The van der Waals surface area contributed by atoms with Crippen LogP contribution in [-0.4, -0.2) is 29.9 Å². The van der Waals surface area contributed by atoms with Crippen molar-refractivity contribution in [3.63, 3.8) is 0 Å². The van der Waals surface area contributed by atoms with Gasteiger partial charge in [0.25, 0.3) is 0 Å². The summed E-state index contributed by atoms with van der Waals surface area (Å²) >= 11 is 0. The van der Waals surface area contributed by atoms with E-state index in [0.29, 0.717) is 0 Å². The van der Waals surface area contributed by atoms with Crippen molar-refractivity contribution in [3.8, 4) is 0 Å². The average Bonchev–Trinajstić information content (AvgIpc) is 1.83. The Balaban J connectivity index is 4.45. The number of alkyl halides is 5. The van der Waals surface area contributed by atoms with Crippen molar-refractivity contribution in [2.24, 2.45) is 5.73 Å². The molecule has 0 saturated heterocycles. The van der Waals surface area contributed by atoms with Crippen molar-refractivity contribution >= 4 is 0 Å². The second-order valence-electron chi connectivity index (χ2n) is 1.91. The van der Waals surface area contributed by atoms with E-state index < -0.39 is 24.7 Å². The summed E-state index contributed by atoms with van der Waals surface area (Å²) in [5, 5.41) is 7.93. The maximum absolute atomic E-state index is 11.9. The Morgan fingerprint density at radius 1 is 1.18 bits per heavy atom. The van der Waals surface area contributed by atoms with E-state index in [1.54, 1.807) is 0 Å². The molecule has 68 valence electrons. The van der Waals surface area contributed by atoms with Gasteiger partial charge >= 0.3 is 12.1 Å². The molecule has 0 amide bonds. The molecule has 0 heterocycles. The SMILES string of the molecule is N[C@H](CO)C(F)(F)C(F)(F)F. The molecule has 0 spiro atoms. The maximum Gasteiger partial charge on any atom is 0.455 e. The summed E-state index contributed by atoms with van der Waals surface area (Å²) in [6.45, 7) is -1.41. The van der Waals surface area contributed by atoms with E-state index in [1.807, 2.05) is 0 Å². The summed E-state index contributed by atoms with van der Waals surface area (Å²) in [4.78, 5) is 0. The first-order valence-electron chi connectivity index (χ1n) is 2.54. The predicted octanol–water partition coefficient (Wildman–Crippen LogP) is 0.504. The van der Waals surface area contributed by atoms with Gasteiger partial charge in [0, 0.05) is 0 Å².